The van der Waals surface area contributed by atoms with Gasteiger partial charge in [-0.3, -0.25) is 9.59 Å². The summed E-state index contributed by atoms with van der Waals surface area (Å²) in [7, 11) is 0. The van der Waals surface area contributed by atoms with E-state index in [1.165, 1.54) is 6.92 Å². The van der Waals surface area contributed by atoms with Crippen molar-refractivity contribution in [3.05, 3.63) is 0 Å². The van der Waals surface area contributed by atoms with Gasteiger partial charge in [0.05, 0.1) is 6.10 Å². The monoisotopic (exact) mass is 286 g/mol. The van der Waals surface area contributed by atoms with Crippen molar-refractivity contribution in [3.63, 3.8) is 0 Å². The van der Waals surface area contributed by atoms with Crippen LogP contribution >= 0.6 is 0 Å². The fourth-order valence-electron chi connectivity index (χ4n) is 2.33. The molecule has 0 radical (unpaired) electrons. The molecule has 0 bridgehead atoms. The van der Waals surface area contributed by atoms with Crippen LogP contribution in [0.1, 0.15) is 67.2 Å². The molecule has 0 amide bonds. The summed E-state index contributed by atoms with van der Waals surface area (Å²) in [5.41, 5.74) is -2.30. The van der Waals surface area contributed by atoms with Crippen LogP contribution in [-0.4, -0.2) is 33.5 Å². The zero-order valence-electron chi connectivity index (χ0n) is 13.7. The lowest BCUT2D eigenvalue weighted by atomic mass is 9.75. The second-order valence-electron chi connectivity index (χ2n) is 7.19. The summed E-state index contributed by atoms with van der Waals surface area (Å²) in [6.07, 6.45) is 0.662. The largest absolute Gasteiger partial charge is 0.393 e. The van der Waals surface area contributed by atoms with Crippen LogP contribution in [0.4, 0.5) is 0 Å². The Hall–Kier alpha value is -0.740. The fraction of sp³-hybridized carbons (Fsp3) is 0.875. The topological polar surface area (TPSA) is 74.6 Å². The van der Waals surface area contributed by atoms with Crippen LogP contribution in [0, 0.1) is 11.3 Å². The molecule has 0 saturated carbocycles. The molecule has 0 fully saturated rings. The minimum Gasteiger partial charge on any atom is -0.393 e. The predicted octanol–water partition coefficient (Wildman–Crippen LogP) is 2.50. The molecule has 0 aliphatic heterocycles. The van der Waals surface area contributed by atoms with Crippen LogP contribution in [-0.2, 0) is 9.59 Å². The van der Waals surface area contributed by atoms with Crippen LogP contribution in [0.15, 0.2) is 0 Å². The van der Waals surface area contributed by atoms with Gasteiger partial charge in [0.25, 0.3) is 0 Å². The maximum atomic E-state index is 12.4. The molecule has 2 N–H and O–H groups in total. The summed E-state index contributed by atoms with van der Waals surface area (Å²) in [6, 6.07) is 0. The molecule has 4 heteroatoms. The Labute approximate surface area is 122 Å². The molecule has 20 heavy (non-hydrogen) atoms. The highest BCUT2D eigenvalue weighted by Crippen LogP contribution is 2.30. The van der Waals surface area contributed by atoms with Crippen molar-refractivity contribution in [1.29, 1.82) is 0 Å². The van der Waals surface area contributed by atoms with E-state index in [1.54, 1.807) is 20.8 Å². The van der Waals surface area contributed by atoms with Crippen molar-refractivity contribution in [2.24, 2.45) is 11.3 Å². The van der Waals surface area contributed by atoms with Gasteiger partial charge in [-0.05, 0) is 32.1 Å². The van der Waals surface area contributed by atoms with Gasteiger partial charge in [0.2, 0.25) is 0 Å². The van der Waals surface area contributed by atoms with Gasteiger partial charge >= 0.3 is 0 Å². The van der Waals surface area contributed by atoms with E-state index in [4.69, 9.17) is 0 Å². The smallest absolute Gasteiger partial charge is 0.170 e. The number of Topliss-reactive ketones (excluding diaryl/α,β-unsaturated/α-hetero) is 2. The van der Waals surface area contributed by atoms with Gasteiger partial charge in [0, 0.05) is 11.8 Å². The lowest BCUT2D eigenvalue weighted by molar-refractivity contribution is -0.150. The molecule has 0 saturated heterocycles. The van der Waals surface area contributed by atoms with E-state index < -0.39 is 17.1 Å². The summed E-state index contributed by atoms with van der Waals surface area (Å²) < 4.78 is 0. The molecule has 118 valence electrons. The van der Waals surface area contributed by atoms with Gasteiger partial charge in [0.15, 0.2) is 5.78 Å². The molecule has 0 aromatic carbocycles. The summed E-state index contributed by atoms with van der Waals surface area (Å²) >= 11 is 0. The lowest BCUT2D eigenvalue weighted by Crippen LogP contribution is -2.46. The molecule has 2 atom stereocenters. The third-order valence-electron chi connectivity index (χ3n) is 3.51. The van der Waals surface area contributed by atoms with E-state index in [9.17, 15) is 19.8 Å². The number of carbonyl (C=O) groups is 2. The van der Waals surface area contributed by atoms with Crippen LogP contribution < -0.4 is 0 Å². The first-order chi connectivity index (χ1) is 8.90. The molecule has 0 aliphatic rings. The van der Waals surface area contributed by atoms with Crippen LogP contribution in [0.3, 0.4) is 0 Å². The number of carbonyl (C=O) groups excluding carboxylic acids is 2. The van der Waals surface area contributed by atoms with E-state index in [2.05, 4.69) is 0 Å². The van der Waals surface area contributed by atoms with Crippen LogP contribution in [0.5, 0.6) is 0 Å². The molecule has 0 rings (SSSR count). The molecule has 0 aliphatic carbocycles. The van der Waals surface area contributed by atoms with E-state index in [0.29, 0.717) is 12.8 Å². The molecule has 4 nitrogen and oxygen atoms in total. The van der Waals surface area contributed by atoms with E-state index in [1.807, 2.05) is 13.8 Å². The quantitative estimate of drug-likeness (QED) is 0.719. The number of aliphatic hydroxyl groups excluding tert-OH is 1. The van der Waals surface area contributed by atoms with Crippen molar-refractivity contribution in [2.45, 2.75) is 78.9 Å². The third kappa shape index (κ3) is 6.14. The predicted molar refractivity (Wildman–Crippen MR) is 79.4 cm³/mol. The number of rotatable bonds is 8. The molecule has 0 unspecified atom stereocenters. The van der Waals surface area contributed by atoms with E-state index >= 15 is 0 Å². The summed E-state index contributed by atoms with van der Waals surface area (Å²) in [5.74, 6) is -0.358. The first kappa shape index (κ1) is 19.3. The normalized spacial score (nSPS) is 16.9. The van der Waals surface area contributed by atoms with Crippen molar-refractivity contribution in [3.8, 4) is 0 Å². The van der Waals surface area contributed by atoms with Gasteiger partial charge in [0.1, 0.15) is 11.4 Å². The Morgan fingerprint density at radius 3 is 2.00 bits per heavy atom. The second-order valence-corrected chi connectivity index (χ2v) is 7.19. The number of aliphatic hydroxyl groups is 2. The molecule has 0 aromatic rings. The summed E-state index contributed by atoms with van der Waals surface area (Å²) in [4.78, 5) is 23.7. The maximum Gasteiger partial charge on any atom is 0.170 e. The Kier molecular flexibility index (Phi) is 7.05. The molecular weight excluding hydrogens is 256 g/mol. The van der Waals surface area contributed by atoms with Crippen molar-refractivity contribution in [2.75, 3.05) is 0 Å². The zero-order valence-corrected chi connectivity index (χ0v) is 13.7. The van der Waals surface area contributed by atoms with Crippen molar-refractivity contribution >= 4 is 11.6 Å². The Balaban J connectivity index is 4.81. The van der Waals surface area contributed by atoms with E-state index in [-0.39, 0.29) is 30.3 Å². The number of ketones is 2. The fourth-order valence-corrected chi connectivity index (χ4v) is 2.33. The molecule has 0 aromatic heterocycles. The van der Waals surface area contributed by atoms with Crippen LogP contribution in [0.2, 0.25) is 0 Å². The van der Waals surface area contributed by atoms with Gasteiger partial charge in [-0.1, -0.05) is 34.6 Å². The zero-order chi connectivity index (χ0) is 16.1. The second kappa shape index (κ2) is 7.32. The standard InChI is InChI=1S/C16H30O4/c1-11(2)13(18)8-7-9-16(20,10-12(3)17)14(19)15(4,5)6/h11,13,18,20H,7-10H2,1-6H3/t13-,16-/m1/s1. The Morgan fingerprint density at radius 1 is 1.15 bits per heavy atom. The van der Waals surface area contributed by atoms with Crippen LogP contribution in [0.25, 0.3) is 0 Å². The van der Waals surface area contributed by atoms with Crippen molar-refractivity contribution in [1.82, 2.24) is 0 Å². The molecule has 0 spiro atoms. The van der Waals surface area contributed by atoms with Gasteiger partial charge in [-0.25, -0.2) is 0 Å². The summed E-state index contributed by atoms with van der Waals surface area (Å²) in [5, 5.41) is 20.4. The maximum absolute atomic E-state index is 12.4. The molecular formula is C16H30O4. The lowest BCUT2D eigenvalue weighted by Gasteiger charge is -2.32. The number of hydrogen-bond donors (Lipinski definition) is 2. The number of hydrogen-bond acceptors (Lipinski definition) is 4. The molecule has 0 heterocycles. The van der Waals surface area contributed by atoms with Crippen molar-refractivity contribution < 1.29 is 19.8 Å². The Bertz CT molecular complexity index is 341. The first-order valence-electron chi connectivity index (χ1n) is 7.35. The average Bonchev–Trinajstić information content (AvgIpc) is 2.25. The Morgan fingerprint density at radius 2 is 1.65 bits per heavy atom. The van der Waals surface area contributed by atoms with E-state index in [0.717, 1.165) is 0 Å². The summed E-state index contributed by atoms with van der Waals surface area (Å²) in [6.45, 7) is 10.4. The van der Waals surface area contributed by atoms with Gasteiger partial charge < -0.3 is 10.2 Å². The highest BCUT2D eigenvalue weighted by atomic mass is 16.3. The first-order valence-corrected chi connectivity index (χ1v) is 7.35. The highest BCUT2D eigenvalue weighted by Gasteiger charge is 2.42. The minimum atomic E-state index is -1.61. The van der Waals surface area contributed by atoms with Gasteiger partial charge in [-0.2, -0.15) is 0 Å². The van der Waals surface area contributed by atoms with Gasteiger partial charge in [-0.15, -0.1) is 0 Å². The third-order valence-corrected chi connectivity index (χ3v) is 3.51. The highest BCUT2D eigenvalue weighted by molar-refractivity contribution is 5.95. The average molecular weight is 286 g/mol. The minimum absolute atomic E-state index is 0.147. The SMILES string of the molecule is CC(=O)C[C@](O)(CCC[C@@H](O)C(C)C)C(=O)C(C)(C)C.